The Hall–Kier alpha value is -1.46. The van der Waals surface area contributed by atoms with Crippen LogP contribution < -0.4 is 10.2 Å². The van der Waals surface area contributed by atoms with Crippen molar-refractivity contribution in [2.45, 2.75) is 32.0 Å². The van der Waals surface area contributed by atoms with Gasteiger partial charge in [0.2, 0.25) is 0 Å². The lowest BCUT2D eigenvalue weighted by molar-refractivity contribution is 0.670. The molecule has 1 aliphatic rings. The molecule has 0 radical (unpaired) electrons. The summed E-state index contributed by atoms with van der Waals surface area (Å²) in [6.45, 7) is 1.62. The van der Waals surface area contributed by atoms with E-state index in [9.17, 15) is 0 Å². The van der Waals surface area contributed by atoms with Crippen LogP contribution in [0.3, 0.4) is 0 Å². The monoisotopic (exact) mass is 346 g/mol. The quantitative estimate of drug-likeness (QED) is 0.872. The highest BCUT2D eigenvalue weighted by atomic mass is 79.9. The molecule has 3 rings (SSSR count). The Kier molecular flexibility index (Phi) is 4.51. The summed E-state index contributed by atoms with van der Waals surface area (Å²) in [5.41, 5.74) is 2.26. The summed E-state index contributed by atoms with van der Waals surface area (Å²) in [6, 6.07) is 9.05. The molecule has 2 aromatic rings. The lowest BCUT2D eigenvalue weighted by Crippen LogP contribution is -2.20. The fourth-order valence-electron chi connectivity index (χ4n) is 2.14. The van der Waals surface area contributed by atoms with Gasteiger partial charge in [-0.25, -0.2) is 4.98 Å². The first-order valence-corrected chi connectivity index (χ1v) is 8.00. The van der Waals surface area contributed by atoms with Gasteiger partial charge in [0.25, 0.3) is 0 Å². The van der Waals surface area contributed by atoms with Crippen LogP contribution in [0.2, 0.25) is 0 Å². The van der Waals surface area contributed by atoms with E-state index in [-0.39, 0.29) is 0 Å². The topological polar surface area (TPSA) is 41.1 Å². The molecule has 1 aromatic carbocycles. The van der Waals surface area contributed by atoms with E-state index in [1.54, 1.807) is 0 Å². The summed E-state index contributed by atoms with van der Waals surface area (Å²) in [5.74, 6) is 0.910. The predicted octanol–water partition coefficient (Wildman–Crippen LogP) is 3.13. The number of benzene rings is 1. The van der Waals surface area contributed by atoms with E-state index in [0.29, 0.717) is 6.04 Å². The molecule has 0 saturated heterocycles. The molecule has 0 atom stereocenters. The maximum absolute atomic E-state index is 4.68. The standard InChI is InChI=1S/C16H19BrN4/c1-21(11-12-2-4-13(17)5-3-12)16-10-18-8-15(20-16)9-19-14-6-7-14/h2-5,8,10,14,19H,6-7,9,11H2,1H3. The minimum Gasteiger partial charge on any atom is -0.354 e. The largest absolute Gasteiger partial charge is 0.354 e. The van der Waals surface area contributed by atoms with Gasteiger partial charge < -0.3 is 10.2 Å². The molecule has 1 saturated carbocycles. The molecule has 0 unspecified atom stereocenters. The molecule has 1 N–H and O–H groups in total. The number of hydrogen-bond acceptors (Lipinski definition) is 4. The van der Waals surface area contributed by atoms with Crippen LogP contribution in [-0.4, -0.2) is 23.1 Å². The number of rotatable bonds is 6. The van der Waals surface area contributed by atoms with Crippen molar-refractivity contribution < 1.29 is 0 Å². The van der Waals surface area contributed by atoms with Crippen LogP contribution in [0.15, 0.2) is 41.1 Å². The molecule has 5 heteroatoms. The predicted molar refractivity (Wildman–Crippen MR) is 88.1 cm³/mol. The van der Waals surface area contributed by atoms with Crippen molar-refractivity contribution in [3.63, 3.8) is 0 Å². The molecule has 0 bridgehead atoms. The van der Waals surface area contributed by atoms with Crippen LogP contribution >= 0.6 is 15.9 Å². The zero-order chi connectivity index (χ0) is 14.7. The number of anilines is 1. The van der Waals surface area contributed by atoms with Gasteiger partial charge in [0.15, 0.2) is 0 Å². The maximum Gasteiger partial charge on any atom is 0.147 e. The van der Waals surface area contributed by atoms with Crippen LogP contribution in [0.25, 0.3) is 0 Å². The van der Waals surface area contributed by atoms with Crippen molar-refractivity contribution in [3.05, 3.63) is 52.4 Å². The van der Waals surface area contributed by atoms with Crippen LogP contribution in [0.4, 0.5) is 5.82 Å². The van der Waals surface area contributed by atoms with E-state index in [0.717, 1.165) is 29.1 Å². The first kappa shape index (κ1) is 14.5. The molecule has 1 heterocycles. The minimum atomic E-state index is 0.691. The summed E-state index contributed by atoms with van der Waals surface area (Å²) >= 11 is 3.46. The zero-order valence-corrected chi connectivity index (χ0v) is 13.7. The first-order valence-electron chi connectivity index (χ1n) is 7.20. The lowest BCUT2D eigenvalue weighted by Gasteiger charge is -2.18. The highest BCUT2D eigenvalue weighted by molar-refractivity contribution is 9.10. The van der Waals surface area contributed by atoms with Crippen molar-refractivity contribution in [2.24, 2.45) is 0 Å². The van der Waals surface area contributed by atoms with E-state index in [1.165, 1.54) is 18.4 Å². The highest BCUT2D eigenvalue weighted by Crippen LogP contribution is 2.19. The SMILES string of the molecule is CN(Cc1ccc(Br)cc1)c1cncc(CNC2CC2)n1. The minimum absolute atomic E-state index is 0.691. The Bertz CT molecular complexity index is 595. The van der Waals surface area contributed by atoms with Crippen molar-refractivity contribution in [1.82, 2.24) is 15.3 Å². The number of nitrogens with one attached hydrogen (secondary N) is 1. The summed E-state index contributed by atoms with van der Waals surface area (Å²) in [6.07, 6.45) is 6.24. The van der Waals surface area contributed by atoms with Crippen molar-refractivity contribution in [1.29, 1.82) is 0 Å². The Balaban J connectivity index is 1.63. The molecule has 0 amide bonds. The summed E-state index contributed by atoms with van der Waals surface area (Å²) in [5, 5.41) is 3.47. The average molecular weight is 347 g/mol. The molecular weight excluding hydrogens is 328 g/mol. The van der Waals surface area contributed by atoms with Gasteiger partial charge in [0.1, 0.15) is 5.82 Å². The molecule has 1 fully saturated rings. The van der Waals surface area contributed by atoms with E-state index >= 15 is 0 Å². The van der Waals surface area contributed by atoms with Crippen molar-refractivity contribution in [3.8, 4) is 0 Å². The molecule has 110 valence electrons. The molecule has 1 aromatic heterocycles. The molecular formula is C16H19BrN4. The Morgan fingerprint density at radius 1 is 1.24 bits per heavy atom. The normalized spacial score (nSPS) is 14.2. The highest BCUT2D eigenvalue weighted by Gasteiger charge is 2.20. The summed E-state index contributed by atoms with van der Waals surface area (Å²) in [7, 11) is 2.05. The van der Waals surface area contributed by atoms with E-state index in [2.05, 4.69) is 60.4 Å². The van der Waals surface area contributed by atoms with Crippen molar-refractivity contribution in [2.75, 3.05) is 11.9 Å². The van der Waals surface area contributed by atoms with Gasteiger partial charge in [-0.3, -0.25) is 4.98 Å². The summed E-state index contributed by atoms with van der Waals surface area (Å²) in [4.78, 5) is 11.1. The van der Waals surface area contributed by atoms with Gasteiger partial charge in [-0.05, 0) is 30.5 Å². The third-order valence-electron chi connectivity index (χ3n) is 3.55. The summed E-state index contributed by atoms with van der Waals surface area (Å²) < 4.78 is 1.10. The average Bonchev–Trinajstić information content (AvgIpc) is 3.32. The number of nitrogens with zero attached hydrogens (tertiary/aromatic N) is 3. The Morgan fingerprint density at radius 2 is 2.00 bits per heavy atom. The van der Waals surface area contributed by atoms with Gasteiger partial charge in [-0.2, -0.15) is 0 Å². The van der Waals surface area contributed by atoms with Crippen LogP contribution in [0, 0.1) is 0 Å². The number of halogens is 1. The van der Waals surface area contributed by atoms with Gasteiger partial charge in [0, 0.05) is 36.8 Å². The third-order valence-corrected chi connectivity index (χ3v) is 4.07. The molecule has 4 nitrogen and oxygen atoms in total. The zero-order valence-electron chi connectivity index (χ0n) is 12.1. The van der Waals surface area contributed by atoms with E-state index < -0.39 is 0 Å². The van der Waals surface area contributed by atoms with Gasteiger partial charge in [-0.15, -0.1) is 0 Å². The number of aromatic nitrogens is 2. The fraction of sp³-hybridized carbons (Fsp3) is 0.375. The van der Waals surface area contributed by atoms with Gasteiger partial charge in [0.05, 0.1) is 11.9 Å². The van der Waals surface area contributed by atoms with E-state index in [4.69, 9.17) is 0 Å². The second kappa shape index (κ2) is 6.54. The fourth-order valence-corrected chi connectivity index (χ4v) is 2.41. The van der Waals surface area contributed by atoms with E-state index in [1.807, 2.05) is 19.4 Å². The Morgan fingerprint density at radius 3 is 2.71 bits per heavy atom. The van der Waals surface area contributed by atoms with Crippen LogP contribution in [-0.2, 0) is 13.1 Å². The first-order chi connectivity index (χ1) is 10.2. The lowest BCUT2D eigenvalue weighted by atomic mass is 10.2. The van der Waals surface area contributed by atoms with Crippen molar-refractivity contribution >= 4 is 21.7 Å². The second-order valence-electron chi connectivity index (χ2n) is 5.51. The Labute approximate surface area is 133 Å². The van der Waals surface area contributed by atoms with Gasteiger partial charge in [-0.1, -0.05) is 28.1 Å². The number of hydrogen-bond donors (Lipinski definition) is 1. The molecule has 21 heavy (non-hydrogen) atoms. The third kappa shape index (κ3) is 4.25. The van der Waals surface area contributed by atoms with Gasteiger partial charge >= 0.3 is 0 Å². The second-order valence-corrected chi connectivity index (χ2v) is 6.42. The van der Waals surface area contributed by atoms with Crippen LogP contribution in [0.5, 0.6) is 0 Å². The van der Waals surface area contributed by atoms with Crippen LogP contribution in [0.1, 0.15) is 24.1 Å². The smallest absolute Gasteiger partial charge is 0.147 e. The molecule has 1 aliphatic carbocycles. The molecule has 0 spiro atoms. The molecule has 0 aliphatic heterocycles. The maximum atomic E-state index is 4.68.